The van der Waals surface area contributed by atoms with Crippen molar-refractivity contribution in [3.05, 3.63) is 64.2 Å². The Bertz CT molecular complexity index is 689. The molecule has 0 spiro atoms. The van der Waals surface area contributed by atoms with Crippen LogP contribution < -0.4 is 4.74 Å². The molecule has 0 saturated carbocycles. The van der Waals surface area contributed by atoms with E-state index in [9.17, 15) is 8.78 Å². The summed E-state index contributed by atoms with van der Waals surface area (Å²) in [6.07, 6.45) is 0. The van der Waals surface area contributed by atoms with Crippen LogP contribution in [0, 0.1) is 11.6 Å². The van der Waals surface area contributed by atoms with Crippen molar-refractivity contribution in [3.8, 4) is 5.75 Å². The van der Waals surface area contributed by atoms with Gasteiger partial charge in [-0.1, -0.05) is 16.8 Å². The third-order valence-corrected chi connectivity index (χ3v) is 3.24. The van der Waals surface area contributed by atoms with Crippen molar-refractivity contribution < 1.29 is 18.7 Å². The second-order valence-corrected chi connectivity index (χ2v) is 4.76. The number of rotatable bonds is 4. The predicted octanol–water partition coefficient (Wildman–Crippen LogP) is 4.40. The van der Waals surface area contributed by atoms with Gasteiger partial charge in [0.2, 0.25) is 0 Å². The van der Waals surface area contributed by atoms with Crippen molar-refractivity contribution >= 4 is 17.3 Å². The summed E-state index contributed by atoms with van der Waals surface area (Å²) in [6, 6.07) is 7.73. The molecule has 2 aromatic carbocycles. The van der Waals surface area contributed by atoms with E-state index in [0.29, 0.717) is 16.1 Å². The molecule has 1 N–H and O–H groups in total. The van der Waals surface area contributed by atoms with Crippen molar-refractivity contribution in [3.63, 3.8) is 0 Å². The van der Waals surface area contributed by atoms with Crippen LogP contribution in [0.5, 0.6) is 5.75 Å². The molecule has 21 heavy (non-hydrogen) atoms. The Morgan fingerprint density at radius 2 is 1.86 bits per heavy atom. The van der Waals surface area contributed by atoms with E-state index in [1.54, 1.807) is 6.92 Å². The maximum absolute atomic E-state index is 13.3. The molecule has 0 unspecified atom stereocenters. The van der Waals surface area contributed by atoms with Gasteiger partial charge in [-0.15, -0.1) is 0 Å². The van der Waals surface area contributed by atoms with Gasteiger partial charge in [0.15, 0.2) is 0 Å². The minimum Gasteiger partial charge on any atom is -0.488 e. The second-order valence-electron chi connectivity index (χ2n) is 4.35. The largest absolute Gasteiger partial charge is 0.488 e. The van der Waals surface area contributed by atoms with Crippen molar-refractivity contribution in [1.29, 1.82) is 0 Å². The summed E-state index contributed by atoms with van der Waals surface area (Å²) in [5.41, 5.74) is 1.15. The lowest BCUT2D eigenvalue weighted by Gasteiger charge is -2.12. The van der Waals surface area contributed by atoms with E-state index in [4.69, 9.17) is 21.5 Å². The Morgan fingerprint density at radius 1 is 1.19 bits per heavy atom. The van der Waals surface area contributed by atoms with Crippen LogP contribution >= 0.6 is 11.6 Å². The molecule has 0 aliphatic carbocycles. The number of benzene rings is 2. The number of ether oxygens (including phenoxy) is 1. The van der Waals surface area contributed by atoms with Crippen molar-refractivity contribution in [2.75, 3.05) is 0 Å². The van der Waals surface area contributed by atoms with Gasteiger partial charge in [-0.2, -0.15) is 0 Å². The molecule has 0 amide bonds. The zero-order valence-electron chi connectivity index (χ0n) is 11.1. The summed E-state index contributed by atoms with van der Waals surface area (Å²) in [6.45, 7) is 1.51. The van der Waals surface area contributed by atoms with E-state index >= 15 is 0 Å². The number of hydrogen-bond donors (Lipinski definition) is 1. The van der Waals surface area contributed by atoms with Gasteiger partial charge >= 0.3 is 0 Å². The highest BCUT2D eigenvalue weighted by Gasteiger charge is 2.10. The van der Waals surface area contributed by atoms with E-state index in [1.165, 1.54) is 30.3 Å². The number of hydrogen-bond acceptors (Lipinski definition) is 3. The van der Waals surface area contributed by atoms with Crippen molar-refractivity contribution in [1.82, 2.24) is 0 Å². The van der Waals surface area contributed by atoms with Crippen LogP contribution in [0.4, 0.5) is 8.78 Å². The summed E-state index contributed by atoms with van der Waals surface area (Å²) in [4.78, 5) is 0. The molecule has 0 aliphatic heterocycles. The van der Waals surface area contributed by atoms with Crippen molar-refractivity contribution in [2.45, 2.75) is 13.5 Å². The molecular weight excluding hydrogens is 300 g/mol. The molecule has 0 aromatic heterocycles. The van der Waals surface area contributed by atoms with E-state index in [0.717, 1.165) is 6.07 Å². The maximum atomic E-state index is 13.3. The van der Waals surface area contributed by atoms with Gasteiger partial charge in [-0.25, -0.2) is 8.78 Å². The Hall–Kier alpha value is -2.14. The molecule has 0 atom stereocenters. The highest BCUT2D eigenvalue weighted by atomic mass is 35.5. The first-order chi connectivity index (χ1) is 10.0. The second kappa shape index (κ2) is 6.54. The Balaban J connectivity index is 2.27. The first-order valence-corrected chi connectivity index (χ1v) is 6.44. The molecule has 3 nitrogen and oxygen atoms in total. The molecule has 0 radical (unpaired) electrons. The molecule has 0 bridgehead atoms. The minimum absolute atomic E-state index is 0.0360. The lowest BCUT2D eigenvalue weighted by atomic mass is 10.1. The summed E-state index contributed by atoms with van der Waals surface area (Å²) in [7, 11) is 0. The molecule has 0 saturated heterocycles. The molecule has 2 rings (SSSR count). The van der Waals surface area contributed by atoms with Gasteiger partial charge in [0, 0.05) is 22.2 Å². The number of nitrogens with zero attached hydrogens (tertiary/aromatic N) is 1. The zero-order chi connectivity index (χ0) is 15.4. The van der Waals surface area contributed by atoms with E-state index in [-0.39, 0.29) is 18.1 Å². The van der Waals surface area contributed by atoms with Crippen LogP contribution in [0.15, 0.2) is 41.6 Å². The lowest BCUT2D eigenvalue weighted by molar-refractivity contribution is 0.301. The van der Waals surface area contributed by atoms with Gasteiger partial charge in [0.1, 0.15) is 24.0 Å². The Labute approximate surface area is 125 Å². The van der Waals surface area contributed by atoms with Gasteiger partial charge in [-0.3, -0.25) is 0 Å². The Kier molecular flexibility index (Phi) is 4.75. The van der Waals surface area contributed by atoms with Gasteiger partial charge in [-0.05, 0) is 37.3 Å². The molecule has 0 fully saturated rings. The summed E-state index contributed by atoms with van der Waals surface area (Å²) >= 11 is 5.94. The fourth-order valence-electron chi connectivity index (χ4n) is 1.78. The standard InChI is InChI=1S/C15H12ClF2NO2/c1-9(19-20)13-4-2-12(18)7-15(13)21-8-10-6-11(17)3-5-14(10)16/h2-7,20H,8H2,1H3/b19-9-. The maximum Gasteiger partial charge on any atom is 0.131 e. The van der Waals surface area contributed by atoms with Gasteiger partial charge < -0.3 is 9.94 Å². The van der Waals surface area contributed by atoms with Crippen LogP contribution in [-0.4, -0.2) is 10.9 Å². The fraction of sp³-hybridized carbons (Fsp3) is 0.133. The highest BCUT2D eigenvalue weighted by molar-refractivity contribution is 6.31. The highest BCUT2D eigenvalue weighted by Crippen LogP contribution is 2.24. The third kappa shape index (κ3) is 3.70. The van der Waals surface area contributed by atoms with E-state index in [2.05, 4.69) is 5.16 Å². The third-order valence-electron chi connectivity index (χ3n) is 2.87. The first-order valence-electron chi connectivity index (χ1n) is 6.06. The average Bonchev–Trinajstić information content (AvgIpc) is 2.47. The molecule has 6 heteroatoms. The molecule has 0 heterocycles. The Morgan fingerprint density at radius 3 is 2.57 bits per heavy atom. The number of halogens is 3. The van der Waals surface area contributed by atoms with Crippen LogP contribution in [-0.2, 0) is 6.61 Å². The number of oxime groups is 1. The van der Waals surface area contributed by atoms with Gasteiger partial charge in [0.25, 0.3) is 0 Å². The molecular formula is C15H12ClF2NO2. The average molecular weight is 312 g/mol. The SMILES string of the molecule is C/C(=N/O)c1ccc(F)cc1OCc1cc(F)ccc1Cl. The monoisotopic (exact) mass is 311 g/mol. The van der Waals surface area contributed by atoms with Crippen molar-refractivity contribution in [2.24, 2.45) is 5.16 Å². The summed E-state index contributed by atoms with van der Waals surface area (Å²) < 4.78 is 32.0. The van der Waals surface area contributed by atoms with E-state index < -0.39 is 11.6 Å². The van der Waals surface area contributed by atoms with Gasteiger partial charge in [0.05, 0.1) is 5.71 Å². The fourth-order valence-corrected chi connectivity index (χ4v) is 1.95. The normalized spacial score (nSPS) is 11.5. The zero-order valence-corrected chi connectivity index (χ0v) is 11.9. The van der Waals surface area contributed by atoms with Crippen LogP contribution in [0.3, 0.4) is 0 Å². The van der Waals surface area contributed by atoms with Crippen LogP contribution in [0.1, 0.15) is 18.1 Å². The minimum atomic E-state index is -0.496. The van der Waals surface area contributed by atoms with Crippen LogP contribution in [0.25, 0.3) is 0 Å². The summed E-state index contributed by atoms with van der Waals surface area (Å²) in [5, 5.41) is 12.2. The predicted molar refractivity (Wildman–Crippen MR) is 76.1 cm³/mol. The topological polar surface area (TPSA) is 41.8 Å². The molecule has 110 valence electrons. The van der Waals surface area contributed by atoms with Crippen LogP contribution in [0.2, 0.25) is 5.02 Å². The molecule has 0 aliphatic rings. The first kappa shape index (κ1) is 15.3. The quantitative estimate of drug-likeness (QED) is 0.517. The summed E-state index contributed by atoms with van der Waals surface area (Å²) in [5.74, 6) is -0.749. The smallest absolute Gasteiger partial charge is 0.131 e. The van der Waals surface area contributed by atoms with E-state index in [1.807, 2.05) is 0 Å². The lowest BCUT2D eigenvalue weighted by Crippen LogP contribution is -2.04. The molecule has 2 aromatic rings.